The van der Waals surface area contributed by atoms with Gasteiger partial charge in [-0.3, -0.25) is 18.8 Å². The molecule has 3 N–H and O–H groups in total. The number of benzene rings is 1. The van der Waals surface area contributed by atoms with E-state index in [1.165, 1.54) is 18.6 Å². The molecule has 2 amide bonds. The van der Waals surface area contributed by atoms with E-state index in [1.54, 1.807) is 11.3 Å². The molecule has 196 valence electrons. The van der Waals surface area contributed by atoms with Crippen LogP contribution >= 0.6 is 0 Å². The molecule has 1 aromatic carbocycles. The van der Waals surface area contributed by atoms with Gasteiger partial charge in [-0.05, 0) is 67.7 Å². The van der Waals surface area contributed by atoms with Gasteiger partial charge in [0.1, 0.15) is 23.2 Å². The van der Waals surface area contributed by atoms with Crippen LogP contribution in [0.2, 0.25) is 0 Å². The average Bonchev–Trinajstić information content (AvgIpc) is 3.56. The average molecular weight is 517 g/mol. The van der Waals surface area contributed by atoms with Crippen molar-refractivity contribution >= 4 is 34.5 Å². The van der Waals surface area contributed by atoms with Crippen molar-refractivity contribution in [3.8, 4) is 0 Å². The summed E-state index contributed by atoms with van der Waals surface area (Å²) in [4.78, 5) is 50.8. The zero-order valence-electron chi connectivity index (χ0n) is 21.0. The lowest BCUT2D eigenvalue weighted by molar-refractivity contribution is -0.158. The minimum atomic E-state index is -0.700. The summed E-state index contributed by atoms with van der Waals surface area (Å²) >= 11 is 0. The lowest BCUT2D eigenvalue weighted by Gasteiger charge is -2.51. The molecule has 3 saturated carbocycles. The maximum absolute atomic E-state index is 13.3. The second-order valence-electron chi connectivity index (χ2n) is 10.6. The first-order valence-electron chi connectivity index (χ1n) is 12.8. The maximum Gasteiger partial charge on any atom is 0.309 e. The monoisotopic (exact) mass is 516 g/mol. The van der Waals surface area contributed by atoms with Crippen molar-refractivity contribution in [2.24, 2.45) is 10.8 Å². The van der Waals surface area contributed by atoms with E-state index in [0.717, 1.165) is 30.3 Å². The Kier molecular flexibility index (Phi) is 5.66. The predicted octanol–water partition coefficient (Wildman–Crippen LogP) is 3.26. The van der Waals surface area contributed by atoms with Crippen molar-refractivity contribution < 1.29 is 23.9 Å². The van der Waals surface area contributed by atoms with E-state index < -0.39 is 17.3 Å². The van der Waals surface area contributed by atoms with Crippen LogP contribution in [0.3, 0.4) is 0 Å². The topological polar surface area (TPSA) is 152 Å². The molecule has 0 atom stereocenters. The van der Waals surface area contributed by atoms with E-state index >= 15 is 0 Å². The summed E-state index contributed by atoms with van der Waals surface area (Å²) in [5.41, 5.74) is 2.34. The van der Waals surface area contributed by atoms with Gasteiger partial charge in [-0.1, -0.05) is 6.07 Å². The first kappa shape index (κ1) is 24.1. The van der Waals surface area contributed by atoms with Crippen molar-refractivity contribution in [2.45, 2.75) is 52.0 Å². The molecule has 4 aromatic rings. The van der Waals surface area contributed by atoms with E-state index in [2.05, 4.69) is 25.6 Å². The molecular weight excluding hydrogens is 488 g/mol. The van der Waals surface area contributed by atoms with Crippen molar-refractivity contribution in [3.05, 3.63) is 59.6 Å². The zero-order chi connectivity index (χ0) is 26.5. The summed E-state index contributed by atoms with van der Waals surface area (Å²) in [6.07, 6.45) is 7.28. The molecule has 7 rings (SSSR count). The smallest absolute Gasteiger partial charge is 0.309 e. The van der Waals surface area contributed by atoms with Gasteiger partial charge in [0.15, 0.2) is 17.1 Å². The number of aliphatic carboxylic acids is 1. The number of carboxylic acid groups (broad SMARTS) is 1. The largest absolute Gasteiger partial charge is 0.481 e. The number of oxazole rings is 1. The van der Waals surface area contributed by atoms with Crippen LogP contribution in [0.15, 0.2) is 41.2 Å². The van der Waals surface area contributed by atoms with Crippen LogP contribution in [0.25, 0.3) is 16.7 Å². The van der Waals surface area contributed by atoms with Crippen LogP contribution in [0.5, 0.6) is 0 Å². The van der Waals surface area contributed by atoms with Crippen molar-refractivity contribution in [1.82, 2.24) is 30.0 Å². The number of amides is 2. The summed E-state index contributed by atoms with van der Waals surface area (Å²) in [5, 5.41) is 15.5. The van der Waals surface area contributed by atoms with E-state index in [4.69, 9.17) is 4.42 Å². The van der Waals surface area contributed by atoms with Gasteiger partial charge >= 0.3 is 5.97 Å². The summed E-state index contributed by atoms with van der Waals surface area (Å²) in [6.45, 7) is 2.50. The number of fused-ring (bicyclic) bond motifs is 5. The highest BCUT2D eigenvalue weighted by atomic mass is 16.4. The lowest BCUT2D eigenvalue weighted by Crippen LogP contribution is -2.50. The fourth-order valence-electron chi connectivity index (χ4n) is 5.88. The zero-order valence-corrected chi connectivity index (χ0v) is 21.0. The number of carbonyl (C=O) groups excluding carboxylic acids is 2. The molecule has 38 heavy (non-hydrogen) atoms. The Bertz CT molecular complexity index is 1560. The minimum Gasteiger partial charge on any atom is -0.481 e. The Morgan fingerprint density at radius 2 is 1.79 bits per heavy atom. The molecule has 0 spiro atoms. The molecule has 0 aliphatic heterocycles. The fraction of sp³-hybridized carbons (Fsp3) is 0.407. The SMILES string of the molecule is Cc1nc2cc(CNC(=O)c3cc(C(=O)NCC45CCC(C(=O)O)(CC4)CC5)n4cncc4n3)ccc2o1. The molecule has 0 radical (unpaired) electrons. The second kappa shape index (κ2) is 8.93. The van der Waals surface area contributed by atoms with Crippen LogP contribution in [-0.4, -0.2) is 48.8 Å². The molecule has 2 bridgehead atoms. The lowest BCUT2D eigenvalue weighted by atomic mass is 9.53. The fourth-order valence-corrected chi connectivity index (χ4v) is 5.88. The number of aromatic nitrogens is 4. The molecule has 0 saturated heterocycles. The first-order chi connectivity index (χ1) is 18.3. The van der Waals surface area contributed by atoms with Gasteiger partial charge < -0.3 is 20.2 Å². The number of rotatable bonds is 7. The Hall–Kier alpha value is -4.28. The number of nitrogens with zero attached hydrogens (tertiary/aromatic N) is 4. The van der Waals surface area contributed by atoms with Gasteiger partial charge in [-0.2, -0.15) is 0 Å². The van der Waals surface area contributed by atoms with Crippen molar-refractivity contribution in [3.63, 3.8) is 0 Å². The number of imidazole rings is 1. The Balaban J connectivity index is 1.15. The van der Waals surface area contributed by atoms with Gasteiger partial charge in [0.25, 0.3) is 11.8 Å². The number of aryl methyl sites for hydroxylation is 1. The molecular formula is C27H28N6O5. The molecule has 3 aliphatic carbocycles. The summed E-state index contributed by atoms with van der Waals surface area (Å²) in [5.74, 6) is -0.868. The molecule has 3 fully saturated rings. The minimum absolute atomic E-state index is 0.0857. The van der Waals surface area contributed by atoms with Gasteiger partial charge in [0, 0.05) is 20.0 Å². The van der Waals surface area contributed by atoms with Crippen LogP contribution in [-0.2, 0) is 11.3 Å². The number of nitrogens with one attached hydrogen (secondary N) is 2. The van der Waals surface area contributed by atoms with Crippen LogP contribution in [0.1, 0.15) is 71.0 Å². The highest BCUT2D eigenvalue weighted by Crippen LogP contribution is 2.56. The van der Waals surface area contributed by atoms with E-state index in [1.807, 2.05) is 18.2 Å². The van der Waals surface area contributed by atoms with Crippen LogP contribution in [0.4, 0.5) is 0 Å². The van der Waals surface area contributed by atoms with Crippen molar-refractivity contribution in [2.75, 3.05) is 6.54 Å². The summed E-state index contributed by atoms with van der Waals surface area (Å²) in [6, 6.07) is 7.00. The molecule has 11 heteroatoms. The molecule has 11 nitrogen and oxygen atoms in total. The molecule has 3 aliphatic rings. The van der Waals surface area contributed by atoms with Gasteiger partial charge in [-0.15, -0.1) is 0 Å². The predicted molar refractivity (Wildman–Crippen MR) is 135 cm³/mol. The van der Waals surface area contributed by atoms with E-state index in [9.17, 15) is 19.5 Å². The highest BCUT2D eigenvalue weighted by molar-refractivity contribution is 5.98. The maximum atomic E-state index is 13.3. The highest BCUT2D eigenvalue weighted by Gasteiger charge is 2.52. The quantitative estimate of drug-likeness (QED) is 0.338. The third kappa shape index (κ3) is 4.17. The van der Waals surface area contributed by atoms with Gasteiger partial charge in [0.2, 0.25) is 0 Å². The van der Waals surface area contributed by atoms with Crippen LogP contribution < -0.4 is 10.6 Å². The van der Waals surface area contributed by atoms with Crippen molar-refractivity contribution in [1.29, 1.82) is 0 Å². The van der Waals surface area contributed by atoms with E-state index in [-0.39, 0.29) is 29.3 Å². The van der Waals surface area contributed by atoms with Gasteiger partial charge in [0.05, 0.1) is 11.6 Å². The normalized spacial score (nSPS) is 22.6. The molecule has 0 unspecified atom stereocenters. The van der Waals surface area contributed by atoms with Gasteiger partial charge in [-0.25, -0.2) is 15.0 Å². The number of hydrogen-bond acceptors (Lipinski definition) is 7. The number of hydrogen-bond donors (Lipinski definition) is 3. The third-order valence-corrected chi connectivity index (χ3v) is 8.34. The molecule has 3 aromatic heterocycles. The second-order valence-corrected chi connectivity index (χ2v) is 10.6. The Labute approximate surface area is 217 Å². The number of carboxylic acids is 1. The Morgan fingerprint density at radius 3 is 2.53 bits per heavy atom. The summed E-state index contributed by atoms with van der Waals surface area (Å²) < 4.78 is 7.05. The first-order valence-corrected chi connectivity index (χ1v) is 12.8. The number of carbonyl (C=O) groups is 3. The Morgan fingerprint density at radius 1 is 1.03 bits per heavy atom. The third-order valence-electron chi connectivity index (χ3n) is 8.34. The van der Waals surface area contributed by atoms with E-state index in [0.29, 0.717) is 42.9 Å². The molecule has 3 heterocycles. The standard InChI is InChI=1S/C27H28N6O5/c1-16-31-18-10-17(2-3-21(18)38-16)12-29-23(34)19-11-20(33-15-28-13-22(33)32-19)24(35)30-14-26-4-7-27(8-5-26,9-6-26)25(36)37/h2-3,10-11,13,15H,4-9,12,14H2,1H3,(H,29,34)(H,30,35)(H,36,37). The summed E-state index contributed by atoms with van der Waals surface area (Å²) in [7, 11) is 0. The van der Waals surface area contributed by atoms with Crippen LogP contribution in [0, 0.1) is 17.8 Å².